The standard InChI is InChI=1S/C14H17BrFN3OS/c1-20-9-8-17-7-3-6-12-18-19-14(21-12)10-4-2-5-11(16)13(10)15/h2,4-5,17H,3,6-9H2,1H3. The number of benzene rings is 1. The van der Waals surface area contributed by atoms with E-state index in [2.05, 4.69) is 31.4 Å². The molecular formula is C14H17BrFN3OS. The zero-order valence-electron chi connectivity index (χ0n) is 11.7. The van der Waals surface area contributed by atoms with Crippen molar-refractivity contribution in [3.63, 3.8) is 0 Å². The van der Waals surface area contributed by atoms with E-state index < -0.39 is 0 Å². The van der Waals surface area contributed by atoms with Crippen molar-refractivity contribution in [2.75, 3.05) is 26.8 Å². The highest BCUT2D eigenvalue weighted by atomic mass is 79.9. The Morgan fingerprint density at radius 2 is 2.19 bits per heavy atom. The molecule has 0 saturated heterocycles. The van der Waals surface area contributed by atoms with Gasteiger partial charge in [0.15, 0.2) is 0 Å². The number of aromatic nitrogens is 2. The van der Waals surface area contributed by atoms with Crippen LogP contribution in [-0.2, 0) is 11.2 Å². The van der Waals surface area contributed by atoms with Crippen LogP contribution >= 0.6 is 27.3 Å². The maximum Gasteiger partial charge on any atom is 0.149 e. The number of nitrogens with zero attached hydrogens (tertiary/aromatic N) is 2. The summed E-state index contributed by atoms with van der Waals surface area (Å²) in [6, 6.07) is 4.93. The molecule has 7 heteroatoms. The van der Waals surface area contributed by atoms with Crippen molar-refractivity contribution >= 4 is 27.3 Å². The van der Waals surface area contributed by atoms with Crippen LogP contribution in [0.25, 0.3) is 10.6 Å². The third-order valence-corrected chi connectivity index (χ3v) is 4.70. The van der Waals surface area contributed by atoms with Gasteiger partial charge in [-0.15, -0.1) is 10.2 Å². The predicted octanol–water partition coefficient (Wildman–Crippen LogP) is 3.28. The van der Waals surface area contributed by atoms with E-state index in [0.29, 0.717) is 4.47 Å². The highest BCUT2D eigenvalue weighted by Gasteiger charge is 2.12. The fourth-order valence-electron chi connectivity index (χ4n) is 1.80. The van der Waals surface area contributed by atoms with Crippen LogP contribution in [0.3, 0.4) is 0 Å². The first-order valence-corrected chi connectivity index (χ1v) is 8.29. The topological polar surface area (TPSA) is 47.0 Å². The van der Waals surface area contributed by atoms with Crippen molar-refractivity contribution in [1.29, 1.82) is 0 Å². The first-order valence-electron chi connectivity index (χ1n) is 6.69. The number of halogens is 2. The number of hydrogen-bond acceptors (Lipinski definition) is 5. The van der Waals surface area contributed by atoms with Crippen molar-refractivity contribution < 1.29 is 9.13 Å². The number of methoxy groups -OCH3 is 1. The van der Waals surface area contributed by atoms with E-state index in [1.165, 1.54) is 17.4 Å². The molecule has 4 nitrogen and oxygen atoms in total. The molecule has 0 bridgehead atoms. The Hall–Kier alpha value is -0.890. The van der Waals surface area contributed by atoms with Crippen LogP contribution in [0, 0.1) is 5.82 Å². The van der Waals surface area contributed by atoms with Gasteiger partial charge < -0.3 is 10.1 Å². The molecule has 21 heavy (non-hydrogen) atoms. The molecule has 0 saturated carbocycles. The van der Waals surface area contributed by atoms with Gasteiger partial charge in [-0.1, -0.05) is 23.5 Å². The molecule has 0 aliphatic carbocycles. The highest BCUT2D eigenvalue weighted by Crippen LogP contribution is 2.32. The van der Waals surface area contributed by atoms with Gasteiger partial charge in [0.05, 0.1) is 11.1 Å². The molecule has 1 aromatic heterocycles. The normalized spacial score (nSPS) is 11.0. The smallest absolute Gasteiger partial charge is 0.149 e. The van der Waals surface area contributed by atoms with Gasteiger partial charge in [0.25, 0.3) is 0 Å². The molecular weight excluding hydrogens is 357 g/mol. The van der Waals surface area contributed by atoms with Crippen LogP contribution in [0.4, 0.5) is 4.39 Å². The Labute approximate surface area is 135 Å². The summed E-state index contributed by atoms with van der Waals surface area (Å²) >= 11 is 4.76. The van der Waals surface area contributed by atoms with E-state index in [1.54, 1.807) is 13.2 Å². The second-order valence-corrected chi connectivity index (χ2v) is 6.30. The summed E-state index contributed by atoms with van der Waals surface area (Å²) in [4.78, 5) is 0. The molecule has 0 radical (unpaired) electrons. The zero-order chi connectivity index (χ0) is 15.1. The summed E-state index contributed by atoms with van der Waals surface area (Å²) < 4.78 is 18.9. The zero-order valence-corrected chi connectivity index (χ0v) is 14.1. The second kappa shape index (κ2) is 8.53. The minimum Gasteiger partial charge on any atom is -0.383 e. The number of ether oxygens (including phenoxy) is 1. The van der Waals surface area contributed by atoms with Crippen molar-refractivity contribution in [3.8, 4) is 10.6 Å². The summed E-state index contributed by atoms with van der Waals surface area (Å²) in [5.74, 6) is -0.286. The second-order valence-electron chi connectivity index (χ2n) is 4.45. The average molecular weight is 374 g/mol. The fourth-order valence-corrected chi connectivity index (χ4v) is 3.29. The molecule has 1 N–H and O–H groups in total. The summed E-state index contributed by atoms with van der Waals surface area (Å²) in [5.41, 5.74) is 0.747. The number of aryl methyl sites for hydroxylation is 1. The van der Waals surface area contributed by atoms with E-state index in [0.717, 1.165) is 48.1 Å². The molecule has 0 fully saturated rings. The Kier molecular flexibility index (Phi) is 6.69. The molecule has 1 aromatic carbocycles. The van der Waals surface area contributed by atoms with E-state index in [1.807, 2.05) is 6.07 Å². The maximum absolute atomic E-state index is 13.5. The van der Waals surface area contributed by atoms with Crippen molar-refractivity contribution in [2.45, 2.75) is 12.8 Å². The number of hydrogen-bond donors (Lipinski definition) is 1. The van der Waals surface area contributed by atoms with Gasteiger partial charge in [-0.3, -0.25) is 0 Å². The summed E-state index contributed by atoms with van der Waals surface area (Å²) in [5, 5.41) is 13.3. The van der Waals surface area contributed by atoms with Crippen molar-refractivity contribution in [3.05, 3.63) is 33.5 Å². The minimum absolute atomic E-state index is 0.286. The van der Waals surface area contributed by atoms with Crippen LogP contribution in [0.5, 0.6) is 0 Å². The van der Waals surface area contributed by atoms with E-state index in [9.17, 15) is 4.39 Å². The summed E-state index contributed by atoms with van der Waals surface area (Å²) in [7, 11) is 1.69. The first kappa shape index (κ1) is 16.5. The van der Waals surface area contributed by atoms with Gasteiger partial charge in [-0.25, -0.2) is 4.39 Å². The molecule has 0 aliphatic heterocycles. The van der Waals surface area contributed by atoms with Gasteiger partial charge in [0.1, 0.15) is 15.8 Å². The van der Waals surface area contributed by atoms with Crippen molar-refractivity contribution in [2.24, 2.45) is 0 Å². The SMILES string of the molecule is COCCNCCCc1nnc(-c2cccc(F)c2Br)s1. The Bertz CT molecular complexity index is 579. The molecule has 2 rings (SSSR count). The van der Waals surface area contributed by atoms with Crippen LogP contribution in [-0.4, -0.2) is 37.0 Å². The van der Waals surface area contributed by atoms with Gasteiger partial charge in [0, 0.05) is 25.6 Å². The lowest BCUT2D eigenvalue weighted by molar-refractivity contribution is 0.199. The molecule has 1 heterocycles. The molecule has 0 atom stereocenters. The number of rotatable bonds is 8. The monoisotopic (exact) mass is 373 g/mol. The lowest BCUT2D eigenvalue weighted by atomic mass is 10.2. The van der Waals surface area contributed by atoms with E-state index in [4.69, 9.17) is 4.74 Å². The quantitative estimate of drug-likeness (QED) is 0.721. The summed E-state index contributed by atoms with van der Waals surface area (Å²) in [6.07, 6.45) is 1.85. The van der Waals surface area contributed by atoms with Gasteiger partial charge >= 0.3 is 0 Å². The Balaban J connectivity index is 1.88. The molecule has 114 valence electrons. The predicted molar refractivity (Wildman–Crippen MR) is 86.1 cm³/mol. The number of nitrogens with one attached hydrogen (secondary N) is 1. The Morgan fingerprint density at radius 1 is 1.33 bits per heavy atom. The van der Waals surface area contributed by atoms with E-state index >= 15 is 0 Å². The molecule has 2 aromatic rings. The third-order valence-electron chi connectivity index (χ3n) is 2.88. The first-order chi connectivity index (χ1) is 10.2. The molecule has 0 amide bonds. The molecule has 0 aliphatic rings. The van der Waals surface area contributed by atoms with Crippen LogP contribution in [0.1, 0.15) is 11.4 Å². The fraction of sp³-hybridized carbons (Fsp3) is 0.429. The Morgan fingerprint density at radius 3 is 3.00 bits per heavy atom. The third kappa shape index (κ3) is 4.81. The minimum atomic E-state index is -0.286. The highest BCUT2D eigenvalue weighted by molar-refractivity contribution is 9.10. The molecule has 0 unspecified atom stereocenters. The largest absolute Gasteiger partial charge is 0.383 e. The van der Waals surface area contributed by atoms with Crippen LogP contribution in [0.15, 0.2) is 22.7 Å². The van der Waals surface area contributed by atoms with E-state index in [-0.39, 0.29) is 5.82 Å². The average Bonchev–Trinajstić information content (AvgIpc) is 2.94. The maximum atomic E-state index is 13.5. The lowest BCUT2D eigenvalue weighted by Gasteiger charge is -2.02. The van der Waals surface area contributed by atoms with Gasteiger partial charge in [0.2, 0.25) is 0 Å². The summed E-state index contributed by atoms with van der Waals surface area (Å²) in [6.45, 7) is 2.49. The van der Waals surface area contributed by atoms with Crippen molar-refractivity contribution in [1.82, 2.24) is 15.5 Å². The lowest BCUT2D eigenvalue weighted by Crippen LogP contribution is -2.20. The van der Waals surface area contributed by atoms with Gasteiger partial charge in [-0.2, -0.15) is 0 Å². The van der Waals surface area contributed by atoms with Crippen LogP contribution in [0.2, 0.25) is 0 Å². The molecule has 0 spiro atoms. The van der Waals surface area contributed by atoms with Crippen LogP contribution < -0.4 is 5.32 Å². The van der Waals surface area contributed by atoms with Gasteiger partial charge in [-0.05, 0) is 35.0 Å².